The van der Waals surface area contributed by atoms with Gasteiger partial charge in [0.15, 0.2) is 0 Å². The summed E-state index contributed by atoms with van der Waals surface area (Å²) in [5, 5.41) is 5.05. The van der Waals surface area contributed by atoms with Gasteiger partial charge < -0.3 is 15.4 Å². The number of hydrogen-bond acceptors (Lipinski definition) is 4. The first-order valence-corrected chi connectivity index (χ1v) is 8.46. The molecule has 3 unspecified atom stereocenters. The molecule has 1 aliphatic heterocycles. The van der Waals surface area contributed by atoms with Crippen LogP contribution in [0.4, 0.5) is 17.6 Å². The van der Waals surface area contributed by atoms with Crippen LogP contribution in [0.2, 0.25) is 0 Å². The zero-order valence-electron chi connectivity index (χ0n) is 15.4. The molecule has 0 spiro atoms. The molecular weight excluding hydrogens is 404 g/mol. The van der Waals surface area contributed by atoms with Gasteiger partial charge >= 0.3 is 12.1 Å². The largest absolute Gasteiger partial charge is 0.469 e. The minimum absolute atomic E-state index is 0. The van der Waals surface area contributed by atoms with E-state index in [9.17, 15) is 27.2 Å². The summed E-state index contributed by atoms with van der Waals surface area (Å²) in [6.07, 6.45) is -4.37. The van der Waals surface area contributed by atoms with Crippen molar-refractivity contribution in [3.05, 3.63) is 35.6 Å². The Labute approximate surface area is 166 Å². The molecule has 1 aliphatic rings. The molecule has 1 aromatic rings. The lowest BCUT2D eigenvalue weighted by Crippen LogP contribution is -2.49. The van der Waals surface area contributed by atoms with E-state index in [0.29, 0.717) is 5.56 Å². The minimum Gasteiger partial charge on any atom is -0.469 e. The molecule has 2 N–H and O–H groups in total. The maximum Gasteiger partial charge on any atom is 0.396 e. The summed E-state index contributed by atoms with van der Waals surface area (Å²) in [6.45, 7) is 0.397. The summed E-state index contributed by atoms with van der Waals surface area (Å²) in [4.78, 5) is 24.3. The number of nitrogens with one attached hydrogen (secondary N) is 2. The van der Waals surface area contributed by atoms with Gasteiger partial charge in [-0.05, 0) is 31.0 Å². The Bertz CT molecular complexity index is 684. The SMILES string of the molecule is COC(=O)C(CNC(=O)C1CNCC1(C)C(F)(F)F)Cc1ccc(F)cc1.Cl. The number of rotatable bonds is 6. The molecule has 0 bridgehead atoms. The number of esters is 1. The van der Waals surface area contributed by atoms with Crippen LogP contribution in [0.25, 0.3) is 0 Å². The number of ether oxygens (including phenoxy) is 1. The lowest BCUT2D eigenvalue weighted by atomic mass is 9.78. The number of halogens is 5. The van der Waals surface area contributed by atoms with Crippen molar-refractivity contribution >= 4 is 24.3 Å². The van der Waals surface area contributed by atoms with Gasteiger partial charge in [-0.1, -0.05) is 12.1 Å². The highest BCUT2D eigenvalue weighted by Gasteiger charge is 2.60. The van der Waals surface area contributed by atoms with E-state index in [2.05, 4.69) is 10.6 Å². The average Bonchev–Trinajstić information content (AvgIpc) is 3.02. The van der Waals surface area contributed by atoms with Gasteiger partial charge in [0, 0.05) is 19.6 Å². The molecule has 2 rings (SSSR count). The first-order valence-electron chi connectivity index (χ1n) is 8.46. The van der Waals surface area contributed by atoms with Gasteiger partial charge in [-0.2, -0.15) is 13.2 Å². The lowest BCUT2D eigenvalue weighted by molar-refractivity contribution is -0.223. The van der Waals surface area contributed by atoms with Crippen LogP contribution in [-0.4, -0.2) is 44.8 Å². The third-order valence-electron chi connectivity index (χ3n) is 5.03. The minimum atomic E-state index is -4.53. The number of benzene rings is 1. The molecule has 28 heavy (non-hydrogen) atoms. The second kappa shape index (κ2) is 9.56. The summed E-state index contributed by atoms with van der Waals surface area (Å²) in [5.74, 6) is -3.89. The van der Waals surface area contributed by atoms with Crippen molar-refractivity contribution in [1.82, 2.24) is 10.6 Å². The Balaban J connectivity index is 0.00000392. The van der Waals surface area contributed by atoms with Crippen molar-refractivity contribution in [2.24, 2.45) is 17.3 Å². The van der Waals surface area contributed by atoms with E-state index < -0.39 is 41.1 Å². The van der Waals surface area contributed by atoms with Crippen molar-refractivity contribution in [2.45, 2.75) is 19.5 Å². The van der Waals surface area contributed by atoms with E-state index in [-0.39, 0.29) is 38.5 Å². The number of carbonyl (C=O) groups is 2. The highest BCUT2D eigenvalue weighted by molar-refractivity contribution is 5.85. The van der Waals surface area contributed by atoms with Crippen LogP contribution in [0.3, 0.4) is 0 Å². The van der Waals surface area contributed by atoms with Gasteiger partial charge in [0.05, 0.1) is 24.4 Å². The van der Waals surface area contributed by atoms with Crippen LogP contribution in [0.15, 0.2) is 24.3 Å². The van der Waals surface area contributed by atoms with E-state index in [0.717, 1.165) is 6.92 Å². The highest BCUT2D eigenvalue weighted by Crippen LogP contribution is 2.46. The van der Waals surface area contributed by atoms with Crippen molar-refractivity contribution in [3.8, 4) is 0 Å². The lowest BCUT2D eigenvalue weighted by Gasteiger charge is -2.32. The molecule has 0 aliphatic carbocycles. The van der Waals surface area contributed by atoms with Crippen molar-refractivity contribution < 1.29 is 31.9 Å². The number of amides is 1. The maximum absolute atomic E-state index is 13.3. The summed E-state index contributed by atoms with van der Waals surface area (Å²) >= 11 is 0. The smallest absolute Gasteiger partial charge is 0.396 e. The normalized spacial score (nSPS) is 22.9. The average molecular weight is 427 g/mol. The number of carbonyl (C=O) groups excluding carboxylic acids is 2. The molecule has 0 saturated carbocycles. The Hall–Kier alpha value is -1.87. The van der Waals surface area contributed by atoms with E-state index in [4.69, 9.17) is 4.74 Å². The number of methoxy groups -OCH3 is 1. The predicted molar refractivity (Wildman–Crippen MR) is 96.4 cm³/mol. The summed E-state index contributed by atoms with van der Waals surface area (Å²) < 4.78 is 57.7. The summed E-state index contributed by atoms with van der Waals surface area (Å²) in [6, 6.07) is 5.46. The van der Waals surface area contributed by atoms with Gasteiger partial charge in [-0.25, -0.2) is 4.39 Å². The zero-order chi connectivity index (χ0) is 20.2. The molecule has 158 valence electrons. The molecule has 1 aromatic carbocycles. The number of alkyl halides is 3. The van der Waals surface area contributed by atoms with E-state index in [1.54, 1.807) is 0 Å². The molecule has 0 aromatic heterocycles. The first-order chi connectivity index (χ1) is 12.6. The molecule has 3 atom stereocenters. The van der Waals surface area contributed by atoms with Gasteiger partial charge in [-0.3, -0.25) is 9.59 Å². The van der Waals surface area contributed by atoms with Crippen LogP contribution in [0.5, 0.6) is 0 Å². The van der Waals surface area contributed by atoms with Crippen molar-refractivity contribution in [1.29, 1.82) is 0 Å². The fourth-order valence-corrected chi connectivity index (χ4v) is 3.16. The topological polar surface area (TPSA) is 67.4 Å². The van der Waals surface area contributed by atoms with Crippen LogP contribution >= 0.6 is 12.4 Å². The third-order valence-corrected chi connectivity index (χ3v) is 5.03. The van der Waals surface area contributed by atoms with Crippen molar-refractivity contribution in [3.63, 3.8) is 0 Å². The summed E-state index contributed by atoms with van der Waals surface area (Å²) in [7, 11) is 1.18. The monoisotopic (exact) mass is 426 g/mol. The molecule has 1 heterocycles. The highest BCUT2D eigenvalue weighted by atomic mass is 35.5. The Morgan fingerprint density at radius 2 is 1.93 bits per heavy atom. The Morgan fingerprint density at radius 1 is 1.32 bits per heavy atom. The molecule has 1 fully saturated rings. The van der Waals surface area contributed by atoms with E-state index in [1.807, 2.05) is 0 Å². The molecule has 0 radical (unpaired) electrons. The third kappa shape index (κ3) is 5.35. The Morgan fingerprint density at radius 3 is 2.46 bits per heavy atom. The fourth-order valence-electron chi connectivity index (χ4n) is 3.16. The van der Waals surface area contributed by atoms with Gasteiger partial charge in [0.2, 0.25) is 5.91 Å². The molecule has 1 amide bonds. The van der Waals surface area contributed by atoms with Crippen LogP contribution < -0.4 is 10.6 Å². The fraction of sp³-hybridized carbons (Fsp3) is 0.556. The first kappa shape index (κ1) is 24.2. The maximum atomic E-state index is 13.3. The zero-order valence-corrected chi connectivity index (χ0v) is 16.3. The standard InChI is InChI=1S/C18H22F4N2O3.ClH/c1-17(18(20,21)22)10-23-9-14(17)15(25)24-8-12(16(26)27-2)7-11-3-5-13(19)6-4-11;/h3-6,12,14,23H,7-10H2,1-2H3,(H,24,25);1H. The molecular formula is C18H23ClF4N2O3. The molecule has 10 heteroatoms. The van der Waals surface area contributed by atoms with Gasteiger partial charge in [0.25, 0.3) is 0 Å². The molecule has 1 saturated heterocycles. The van der Waals surface area contributed by atoms with Crippen LogP contribution in [0, 0.1) is 23.1 Å². The van der Waals surface area contributed by atoms with Crippen LogP contribution in [-0.2, 0) is 20.7 Å². The molecule has 5 nitrogen and oxygen atoms in total. The second-order valence-corrected chi connectivity index (χ2v) is 6.89. The van der Waals surface area contributed by atoms with Gasteiger partial charge in [0.1, 0.15) is 5.82 Å². The second-order valence-electron chi connectivity index (χ2n) is 6.89. The van der Waals surface area contributed by atoms with Crippen molar-refractivity contribution in [2.75, 3.05) is 26.7 Å². The Kier molecular flexibility index (Phi) is 8.25. The van der Waals surface area contributed by atoms with E-state index >= 15 is 0 Å². The van der Waals surface area contributed by atoms with Crippen LogP contribution in [0.1, 0.15) is 12.5 Å². The summed E-state index contributed by atoms with van der Waals surface area (Å²) in [5.41, 5.74) is -1.53. The predicted octanol–water partition coefficient (Wildman–Crippen LogP) is 2.48. The van der Waals surface area contributed by atoms with Gasteiger partial charge in [-0.15, -0.1) is 12.4 Å². The quantitative estimate of drug-likeness (QED) is 0.542. The van der Waals surface area contributed by atoms with E-state index in [1.165, 1.54) is 31.4 Å². The number of hydrogen-bond donors (Lipinski definition) is 2.